The molecular weight excluding hydrogens is 216 g/mol. The SMILES string of the molecule is CC1CCC(NC(=O)C2CNC(=O)C2)C(C)C1. The molecule has 1 saturated heterocycles. The normalized spacial score (nSPS) is 37.6. The van der Waals surface area contributed by atoms with Gasteiger partial charge >= 0.3 is 0 Å². The lowest BCUT2D eigenvalue weighted by molar-refractivity contribution is -0.127. The van der Waals surface area contributed by atoms with Crippen molar-refractivity contribution >= 4 is 11.8 Å². The van der Waals surface area contributed by atoms with Crippen molar-refractivity contribution in [3.8, 4) is 0 Å². The molecule has 1 aliphatic heterocycles. The van der Waals surface area contributed by atoms with Crippen LogP contribution in [0.4, 0.5) is 0 Å². The molecule has 0 aromatic heterocycles. The molecule has 4 atom stereocenters. The molecule has 0 aromatic rings. The van der Waals surface area contributed by atoms with Crippen LogP contribution in [0.1, 0.15) is 39.5 Å². The Morgan fingerprint density at radius 3 is 2.71 bits per heavy atom. The number of rotatable bonds is 2. The molecule has 2 rings (SSSR count). The molecule has 0 spiro atoms. The van der Waals surface area contributed by atoms with Gasteiger partial charge in [-0.1, -0.05) is 13.8 Å². The fraction of sp³-hybridized carbons (Fsp3) is 0.846. The molecule has 1 aliphatic carbocycles. The van der Waals surface area contributed by atoms with E-state index >= 15 is 0 Å². The molecule has 0 bridgehead atoms. The van der Waals surface area contributed by atoms with Crippen molar-refractivity contribution < 1.29 is 9.59 Å². The molecule has 4 unspecified atom stereocenters. The molecule has 1 saturated carbocycles. The summed E-state index contributed by atoms with van der Waals surface area (Å²) in [5.41, 5.74) is 0. The van der Waals surface area contributed by atoms with E-state index in [1.165, 1.54) is 12.8 Å². The second kappa shape index (κ2) is 5.07. The zero-order valence-electron chi connectivity index (χ0n) is 10.7. The van der Waals surface area contributed by atoms with Crippen LogP contribution in [0.25, 0.3) is 0 Å². The molecule has 0 aromatic carbocycles. The molecule has 4 heteroatoms. The van der Waals surface area contributed by atoms with Crippen LogP contribution < -0.4 is 10.6 Å². The minimum atomic E-state index is -0.158. The Morgan fingerprint density at radius 1 is 1.35 bits per heavy atom. The third kappa shape index (κ3) is 2.99. The van der Waals surface area contributed by atoms with Crippen molar-refractivity contribution in [2.45, 2.75) is 45.6 Å². The summed E-state index contributed by atoms with van der Waals surface area (Å²) >= 11 is 0. The van der Waals surface area contributed by atoms with E-state index in [-0.39, 0.29) is 17.7 Å². The first kappa shape index (κ1) is 12.4. The maximum Gasteiger partial charge on any atom is 0.225 e. The molecule has 2 amide bonds. The smallest absolute Gasteiger partial charge is 0.225 e. The summed E-state index contributed by atoms with van der Waals surface area (Å²) in [5.74, 6) is 1.21. The van der Waals surface area contributed by atoms with Crippen LogP contribution in [-0.4, -0.2) is 24.4 Å². The minimum absolute atomic E-state index is 0.00420. The summed E-state index contributed by atoms with van der Waals surface area (Å²) in [6.45, 7) is 4.98. The van der Waals surface area contributed by atoms with Gasteiger partial charge < -0.3 is 10.6 Å². The average molecular weight is 238 g/mol. The Kier molecular flexibility index (Phi) is 3.69. The summed E-state index contributed by atoms with van der Waals surface area (Å²) in [7, 11) is 0. The zero-order chi connectivity index (χ0) is 12.4. The lowest BCUT2D eigenvalue weighted by Crippen LogP contribution is -2.45. The van der Waals surface area contributed by atoms with Crippen LogP contribution in [0.15, 0.2) is 0 Å². The average Bonchev–Trinajstić information content (AvgIpc) is 2.69. The summed E-state index contributed by atoms with van der Waals surface area (Å²) in [6, 6.07) is 0.300. The van der Waals surface area contributed by atoms with Crippen LogP contribution in [0.3, 0.4) is 0 Å². The van der Waals surface area contributed by atoms with Gasteiger partial charge in [0.1, 0.15) is 0 Å². The van der Waals surface area contributed by atoms with Gasteiger partial charge in [-0.2, -0.15) is 0 Å². The second-order valence-electron chi connectivity index (χ2n) is 5.72. The summed E-state index contributed by atoms with van der Waals surface area (Å²) < 4.78 is 0. The van der Waals surface area contributed by atoms with Crippen LogP contribution in [0.2, 0.25) is 0 Å². The summed E-state index contributed by atoms with van der Waals surface area (Å²) in [5, 5.41) is 5.83. The van der Waals surface area contributed by atoms with Crippen LogP contribution in [0, 0.1) is 17.8 Å². The van der Waals surface area contributed by atoms with E-state index in [2.05, 4.69) is 24.5 Å². The monoisotopic (exact) mass is 238 g/mol. The van der Waals surface area contributed by atoms with Crippen molar-refractivity contribution in [2.24, 2.45) is 17.8 Å². The van der Waals surface area contributed by atoms with E-state index in [0.29, 0.717) is 24.9 Å². The Bertz CT molecular complexity index is 317. The largest absolute Gasteiger partial charge is 0.355 e. The van der Waals surface area contributed by atoms with Gasteiger partial charge in [0.15, 0.2) is 0 Å². The number of hydrogen-bond acceptors (Lipinski definition) is 2. The third-order valence-electron chi connectivity index (χ3n) is 4.11. The maximum absolute atomic E-state index is 12.0. The van der Waals surface area contributed by atoms with Crippen LogP contribution >= 0.6 is 0 Å². The fourth-order valence-corrected chi connectivity index (χ4v) is 2.97. The molecule has 1 heterocycles. The lowest BCUT2D eigenvalue weighted by Gasteiger charge is -2.33. The number of amides is 2. The number of hydrogen-bond donors (Lipinski definition) is 2. The molecule has 0 radical (unpaired) electrons. The number of carbonyl (C=O) groups is 2. The molecule has 2 aliphatic rings. The van der Waals surface area contributed by atoms with Gasteiger partial charge in [0, 0.05) is 19.0 Å². The lowest BCUT2D eigenvalue weighted by atomic mass is 9.79. The van der Waals surface area contributed by atoms with E-state index in [1.54, 1.807) is 0 Å². The molecule has 2 N–H and O–H groups in total. The van der Waals surface area contributed by atoms with Gasteiger partial charge in [-0.05, 0) is 31.1 Å². The van der Waals surface area contributed by atoms with Crippen molar-refractivity contribution in [3.05, 3.63) is 0 Å². The number of carbonyl (C=O) groups excluding carboxylic acids is 2. The third-order valence-corrected chi connectivity index (χ3v) is 4.11. The minimum Gasteiger partial charge on any atom is -0.355 e. The van der Waals surface area contributed by atoms with E-state index in [4.69, 9.17) is 0 Å². The number of nitrogens with one attached hydrogen (secondary N) is 2. The molecular formula is C13H22N2O2. The first-order chi connectivity index (χ1) is 8.06. The van der Waals surface area contributed by atoms with E-state index < -0.39 is 0 Å². The van der Waals surface area contributed by atoms with E-state index in [1.807, 2.05) is 0 Å². The highest BCUT2D eigenvalue weighted by molar-refractivity contribution is 5.89. The first-order valence-electron chi connectivity index (χ1n) is 6.63. The molecule has 2 fully saturated rings. The molecule has 17 heavy (non-hydrogen) atoms. The molecule has 96 valence electrons. The highest BCUT2D eigenvalue weighted by atomic mass is 16.2. The van der Waals surface area contributed by atoms with Gasteiger partial charge in [-0.25, -0.2) is 0 Å². The molecule has 4 nitrogen and oxygen atoms in total. The zero-order valence-corrected chi connectivity index (χ0v) is 10.7. The Labute approximate surface area is 103 Å². The standard InChI is InChI=1S/C13H22N2O2/c1-8-3-4-11(9(2)5-8)15-13(17)10-6-12(16)14-7-10/h8-11H,3-7H2,1-2H3,(H,14,16)(H,15,17). The van der Waals surface area contributed by atoms with Crippen molar-refractivity contribution in [1.82, 2.24) is 10.6 Å². The first-order valence-corrected chi connectivity index (χ1v) is 6.63. The highest BCUT2D eigenvalue weighted by Gasteiger charge is 2.32. The van der Waals surface area contributed by atoms with Crippen LogP contribution in [-0.2, 0) is 9.59 Å². The van der Waals surface area contributed by atoms with E-state index in [9.17, 15) is 9.59 Å². The fourth-order valence-electron chi connectivity index (χ4n) is 2.97. The quantitative estimate of drug-likeness (QED) is 0.756. The predicted octanol–water partition coefficient (Wildman–Crippen LogP) is 1.06. The Hall–Kier alpha value is -1.06. The van der Waals surface area contributed by atoms with Gasteiger partial charge in [0.25, 0.3) is 0 Å². The Balaban J connectivity index is 1.84. The summed E-state index contributed by atoms with van der Waals surface area (Å²) in [6.07, 6.45) is 3.80. The van der Waals surface area contributed by atoms with E-state index in [0.717, 1.165) is 12.3 Å². The van der Waals surface area contributed by atoms with Crippen molar-refractivity contribution in [2.75, 3.05) is 6.54 Å². The van der Waals surface area contributed by atoms with Gasteiger partial charge in [-0.15, -0.1) is 0 Å². The predicted molar refractivity (Wildman–Crippen MR) is 65.2 cm³/mol. The van der Waals surface area contributed by atoms with Gasteiger partial charge in [0.2, 0.25) is 11.8 Å². The van der Waals surface area contributed by atoms with Crippen molar-refractivity contribution in [1.29, 1.82) is 0 Å². The summed E-state index contributed by atoms with van der Waals surface area (Å²) in [4.78, 5) is 23.0. The Morgan fingerprint density at radius 2 is 2.12 bits per heavy atom. The maximum atomic E-state index is 12.0. The highest BCUT2D eigenvalue weighted by Crippen LogP contribution is 2.28. The van der Waals surface area contributed by atoms with Crippen molar-refractivity contribution in [3.63, 3.8) is 0 Å². The van der Waals surface area contributed by atoms with Crippen LogP contribution in [0.5, 0.6) is 0 Å². The van der Waals surface area contributed by atoms with Gasteiger partial charge in [0.05, 0.1) is 5.92 Å². The second-order valence-corrected chi connectivity index (χ2v) is 5.72. The van der Waals surface area contributed by atoms with Gasteiger partial charge in [-0.3, -0.25) is 9.59 Å². The topological polar surface area (TPSA) is 58.2 Å².